The molecule has 3 aromatic rings. The summed E-state index contributed by atoms with van der Waals surface area (Å²) in [6, 6.07) is 10.8. The van der Waals surface area contributed by atoms with Gasteiger partial charge in [-0.15, -0.1) is 11.3 Å². The summed E-state index contributed by atoms with van der Waals surface area (Å²) in [7, 11) is 0. The Kier molecular flexibility index (Phi) is 3.49. The first-order chi connectivity index (χ1) is 10.4. The number of pyridine rings is 1. The third kappa shape index (κ3) is 2.74. The van der Waals surface area contributed by atoms with Crippen molar-refractivity contribution in [2.75, 3.05) is 13.1 Å². The third-order valence-electron chi connectivity index (χ3n) is 4.32. The van der Waals surface area contributed by atoms with Gasteiger partial charge in [0, 0.05) is 41.2 Å². The smallest absolute Gasteiger partial charge is 0.137 e. The van der Waals surface area contributed by atoms with Gasteiger partial charge in [0.2, 0.25) is 0 Å². The largest absolute Gasteiger partial charge is 0.343 e. The van der Waals surface area contributed by atoms with Crippen molar-refractivity contribution in [1.82, 2.24) is 14.9 Å². The highest BCUT2D eigenvalue weighted by molar-refractivity contribution is 7.09. The molecule has 0 aliphatic carbocycles. The van der Waals surface area contributed by atoms with Gasteiger partial charge in [0.1, 0.15) is 5.65 Å². The molecule has 108 valence electrons. The Morgan fingerprint density at radius 1 is 1.33 bits per heavy atom. The van der Waals surface area contributed by atoms with E-state index in [4.69, 9.17) is 0 Å². The third-order valence-corrected chi connectivity index (χ3v) is 5.18. The molecule has 0 bridgehead atoms. The fraction of sp³-hybridized carbons (Fsp3) is 0.353. The van der Waals surface area contributed by atoms with Crippen LogP contribution < -0.4 is 0 Å². The van der Waals surface area contributed by atoms with Crippen LogP contribution in [-0.4, -0.2) is 28.0 Å². The summed E-state index contributed by atoms with van der Waals surface area (Å²) in [5, 5.41) is 3.39. The Balaban J connectivity index is 1.52. The van der Waals surface area contributed by atoms with Crippen LogP contribution in [-0.2, 0) is 6.54 Å². The number of likely N-dealkylation sites (tertiary alicyclic amines) is 1. The van der Waals surface area contributed by atoms with Crippen molar-refractivity contribution >= 4 is 22.4 Å². The zero-order chi connectivity index (χ0) is 14.1. The Hall–Kier alpha value is -1.65. The monoisotopic (exact) mass is 297 g/mol. The van der Waals surface area contributed by atoms with Gasteiger partial charge in [0.25, 0.3) is 0 Å². The first-order valence-electron chi connectivity index (χ1n) is 7.57. The number of fused-ring (bicyclic) bond motifs is 1. The predicted molar refractivity (Wildman–Crippen MR) is 87.7 cm³/mol. The van der Waals surface area contributed by atoms with E-state index in [2.05, 4.69) is 44.5 Å². The van der Waals surface area contributed by atoms with E-state index in [0.29, 0.717) is 5.92 Å². The van der Waals surface area contributed by atoms with Crippen LogP contribution in [0.2, 0.25) is 0 Å². The van der Waals surface area contributed by atoms with Crippen molar-refractivity contribution in [3.05, 3.63) is 52.5 Å². The molecule has 1 saturated heterocycles. The molecule has 0 saturated carbocycles. The van der Waals surface area contributed by atoms with E-state index in [0.717, 1.165) is 18.7 Å². The molecule has 0 amide bonds. The van der Waals surface area contributed by atoms with E-state index in [9.17, 15) is 0 Å². The van der Waals surface area contributed by atoms with Gasteiger partial charge in [-0.3, -0.25) is 4.90 Å². The second kappa shape index (κ2) is 5.62. The van der Waals surface area contributed by atoms with E-state index in [-0.39, 0.29) is 0 Å². The fourth-order valence-electron chi connectivity index (χ4n) is 3.27. The summed E-state index contributed by atoms with van der Waals surface area (Å²) < 4.78 is 0. The lowest BCUT2D eigenvalue weighted by Gasteiger charge is -2.32. The Labute approximate surface area is 128 Å². The lowest BCUT2D eigenvalue weighted by Crippen LogP contribution is -2.33. The molecule has 1 N–H and O–H groups in total. The van der Waals surface area contributed by atoms with Crippen LogP contribution in [0.15, 0.2) is 41.9 Å². The Morgan fingerprint density at radius 3 is 3.19 bits per heavy atom. The van der Waals surface area contributed by atoms with Crippen LogP contribution in [0.4, 0.5) is 0 Å². The quantitative estimate of drug-likeness (QED) is 0.792. The van der Waals surface area contributed by atoms with Crippen LogP contribution >= 0.6 is 11.3 Å². The molecule has 0 spiro atoms. The number of hydrogen-bond acceptors (Lipinski definition) is 3. The summed E-state index contributed by atoms with van der Waals surface area (Å²) in [6.45, 7) is 3.45. The lowest BCUT2D eigenvalue weighted by molar-refractivity contribution is 0.200. The molecule has 1 aliphatic rings. The maximum absolute atomic E-state index is 4.41. The zero-order valence-electron chi connectivity index (χ0n) is 12.0. The molecular formula is C17H19N3S. The number of nitrogens with zero attached hydrogens (tertiary/aromatic N) is 2. The van der Waals surface area contributed by atoms with Gasteiger partial charge in [-0.1, -0.05) is 6.07 Å². The highest BCUT2D eigenvalue weighted by atomic mass is 32.1. The van der Waals surface area contributed by atoms with Crippen molar-refractivity contribution in [3.8, 4) is 0 Å². The average molecular weight is 297 g/mol. The summed E-state index contributed by atoms with van der Waals surface area (Å²) in [5.74, 6) is 0.605. The molecule has 1 atom stereocenters. The molecule has 0 unspecified atom stereocenters. The van der Waals surface area contributed by atoms with Crippen LogP contribution in [0.3, 0.4) is 0 Å². The summed E-state index contributed by atoms with van der Waals surface area (Å²) in [6.07, 6.45) is 4.40. The second-order valence-corrected chi connectivity index (χ2v) is 6.85. The first kappa shape index (κ1) is 13.0. The van der Waals surface area contributed by atoms with E-state index in [1.807, 2.05) is 23.6 Å². The number of rotatable bonds is 3. The normalized spacial score (nSPS) is 20.1. The van der Waals surface area contributed by atoms with Crippen molar-refractivity contribution in [2.45, 2.75) is 25.3 Å². The minimum Gasteiger partial charge on any atom is -0.343 e. The number of piperidine rings is 1. The number of thiophene rings is 1. The zero-order valence-corrected chi connectivity index (χ0v) is 12.8. The Bertz CT molecular complexity index is 684. The maximum atomic E-state index is 4.41. The molecule has 4 heteroatoms. The van der Waals surface area contributed by atoms with Gasteiger partial charge in [-0.2, -0.15) is 0 Å². The number of H-pyrrole nitrogens is 1. The SMILES string of the molecule is c1csc(CN2CCC[C@@H](c3cc4cccnc4[nH]3)C2)c1. The van der Waals surface area contributed by atoms with Crippen LogP contribution in [0.5, 0.6) is 0 Å². The molecular weight excluding hydrogens is 278 g/mol. The molecule has 1 aliphatic heterocycles. The van der Waals surface area contributed by atoms with Gasteiger partial charge < -0.3 is 4.98 Å². The van der Waals surface area contributed by atoms with Crippen LogP contribution in [0.1, 0.15) is 29.3 Å². The maximum Gasteiger partial charge on any atom is 0.137 e. The van der Waals surface area contributed by atoms with Gasteiger partial charge in [0.15, 0.2) is 0 Å². The summed E-state index contributed by atoms with van der Waals surface area (Å²) in [4.78, 5) is 12.0. The topological polar surface area (TPSA) is 31.9 Å². The second-order valence-electron chi connectivity index (χ2n) is 5.82. The highest BCUT2D eigenvalue weighted by Crippen LogP contribution is 2.29. The van der Waals surface area contributed by atoms with E-state index in [1.54, 1.807) is 0 Å². The number of nitrogens with one attached hydrogen (secondary N) is 1. The molecule has 0 aromatic carbocycles. The van der Waals surface area contributed by atoms with Crippen LogP contribution in [0.25, 0.3) is 11.0 Å². The molecule has 3 aromatic heterocycles. The molecule has 4 rings (SSSR count). The predicted octanol–water partition coefficient (Wildman–Crippen LogP) is 4.00. The van der Waals surface area contributed by atoms with Gasteiger partial charge in [-0.25, -0.2) is 4.98 Å². The average Bonchev–Trinajstić information content (AvgIpc) is 3.16. The van der Waals surface area contributed by atoms with E-state index in [1.165, 1.54) is 35.3 Å². The standard InChI is InChI=1S/C17H19N3S/c1-4-13-10-16(19-17(13)18-7-1)14-5-2-8-20(11-14)12-15-6-3-9-21-15/h1,3-4,6-7,9-10,14H,2,5,8,11-12H2,(H,18,19)/t14-/m1/s1. The highest BCUT2D eigenvalue weighted by Gasteiger charge is 2.23. The molecule has 0 radical (unpaired) electrons. The van der Waals surface area contributed by atoms with Crippen molar-refractivity contribution in [2.24, 2.45) is 0 Å². The van der Waals surface area contributed by atoms with E-state index < -0.39 is 0 Å². The van der Waals surface area contributed by atoms with Crippen LogP contribution in [0, 0.1) is 0 Å². The van der Waals surface area contributed by atoms with E-state index >= 15 is 0 Å². The number of aromatic nitrogens is 2. The van der Waals surface area contributed by atoms with Crippen molar-refractivity contribution in [3.63, 3.8) is 0 Å². The first-order valence-corrected chi connectivity index (χ1v) is 8.45. The molecule has 3 nitrogen and oxygen atoms in total. The lowest BCUT2D eigenvalue weighted by atomic mass is 9.95. The molecule has 1 fully saturated rings. The van der Waals surface area contributed by atoms with Gasteiger partial charge >= 0.3 is 0 Å². The number of hydrogen-bond donors (Lipinski definition) is 1. The Morgan fingerprint density at radius 2 is 2.33 bits per heavy atom. The molecule has 21 heavy (non-hydrogen) atoms. The number of aromatic amines is 1. The summed E-state index contributed by atoms with van der Waals surface area (Å²) >= 11 is 1.86. The summed E-state index contributed by atoms with van der Waals surface area (Å²) in [5.41, 5.74) is 2.36. The molecule has 4 heterocycles. The van der Waals surface area contributed by atoms with Gasteiger partial charge in [-0.05, 0) is 49.0 Å². The minimum absolute atomic E-state index is 0.605. The van der Waals surface area contributed by atoms with Gasteiger partial charge in [0.05, 0.1) is 0 Å². The van der Waals surface area contributed by atoms with Crippen molar-refractivity contribution in [1.29, 1.82) is 0 Å². The fourth-order valence-corrected chi connectivity index (χ4v) is 4.02. The minimum atomic E-state index is 0.605. The van der Waals surface area contributed by atoms with Crippen molar-refractivity contribution < 1.29 is 0 Å².